The summed E-state index contributed by atoms with van der Waals surface area (Å²) in [6.45, 7) is 1.78. The smallest absolute Gasteiger partial charge is 0.186 e. The zero-order valence-electron chi connectivity index (χ0n) is 10.3. The molecule has 6 heteroatoms. The third-order valence-electron chi connectivity index (χ3n) is 2.75. The lowest BCUT2D eigenvalue weighted by Gasteiger charge is -2.09. The fourth-order valence-electron chi connectivity index (χ4n) is 1.69. The van der Waals surface area contributed by atoms with Crippen molar-refractivity contribution < 1.29 is 8.42 Å². The van der Waals surface area contributed by atoms with Gasteiger partial charge in [0, 0.05) is 10.7 Å². The molecule has 1 heterocycles. The van der Waals surface area contributed by atoms with Crippen molar-refractivity contribution in [3.63, 3.8) is 0 Å². The minimum atomic E-state index is -3.48. The largest absolute Gasteiger partial charge is 0.397 e. The van der Waals surface area contributed by atoms with Gasteiger partial charge in [-0.3, -0.25) is 4.98 Å². The van der Waals surface area contributed by atoms with Gasteiger partial charge in [-0.05, 0) is 46.6 Å². The number of halogens is 1. The number of hydrogen-bond donors (Lipinski definition) is 1. The Balaban J connectivity index is 2.38. The van der Waals surface area contributed by atoms with Gasteiger partial charge in [-0.15, -0.1) is 0 Å². The first kappa shape index (κ1) is 14.0. The van der Waals surface area contributed by atoms with Crippen molar-refractivity contribution >= 4 is 31.5 Å². The van der Waals surface area contributed by atoms with Gasteiger partial charge in [0.05, 0.1) is 22.0 Å². The number of pyridine rings is 1. The molecule has 0 saturated heterocycles. The fourth-order valence-corrected chi connectivity index (χ4v) is 3.42. The molecule has 0 spiro atoms. The number of aromatic nitrogens is 1. The van der Waals surface area contributed by atoms with Crippen LogP contribution in [0.25, 0.3) is 0 Å². The van der Waals surface area contributed by atoms with E-state index in [0.29, 0.717) is 11.4 Å². The number of nitrogen functional groups attached to an aromatic ring is 1. The second-order valence-corrected chi connectivity index (χ2v) is 7.09. The van der Waals surface area contributed by atoms with E-state index in [9.17, 15) is 8.42 Å². The Morgan fingerprint density at radius 1 is 1.26 bits per heavy atom. The molecular weight excluding hydrogens is 328 g/mol. The van der Waals surface area contributed by atoms with Crippen molar-refractivity contribution in [2.24, 2.45) is 0 Å². The van der Waals surface area contributed by atoms with Crippen molar-refractivity contribution in [3.05, 3.63) is 52.3 Å². The highest BCUT2D eigenvalue weighted by atomic mass is 79.9. The van der Waals surface area contributed by atoms with Crippen LogP contribution >= 0.6 is 15.9 Å². The van der Waals surface area contributed by atoms with Gasteiger partial charge in [0.1, 0.15) is 0 Å². The van der Waals surface area contributed by atoms with E-state index in [1.165, 1.54) is 6.07 Å². The topological polar surface area (TPSA) is 73.0 Å². The van der Waals surface area contributed by atoms with Crippen molar-refractivity contribution in [1.29, 1.82) is 0 Å². The van der Waals surface area contributed by atoms with Crippen LogP contribution in [-0.2, 0) is 15.6 Å². The van der Waals surface area contributed by atoms with Crippen molar-refractivity contribution in [3.8, 4) is 0 Å². The second kappa shape index (κ2) is 5.30. The van der Waals surface area contributed by atoms with Crippen LogP contribution in [0, 0.1) is 6.92 Å². The highest BCUT2D eigenvalue weighted by molar-refractivity contribution is 9.10. The van der Waals surface area contributed by atoms with E-state index in [-0.39, 0.29) is 10.6 Å². The summed E-state index contributed by atoms with van der Waals surface area (Å²) in [6.07, 6.45) is 1.57. The van der Waals surface area contributed by atoms with Crippen LogP contribution in [0.2, 0.25) is 0 Å². The van der Waals surface area contributed by atoms with Crippen LogP contribution in [0.3, 0.4) is 0 Å². The molecule has 0 bridgehead atoms. The van der Waals surface area contributed by atoms with Gasteiger partial charge in [0.25, 0.3) is 0 Å². The molecule has 4 nitrogen and oxygen atoms in total. The van der Waals surface area contributed by atoms with E-state index >= 15 is 0 Å². The highest BCUT2D eigenvalue weighted by Gasteiger charge is 2.19. The Labute approximate surface area is 120 Å². The minimum Gasteiger partial charge on any atom is -0.397 e. The Hall–Kier alpha value is -1.40. The van der Waals surface area contributed by atoms with Crippen LogP contribution in [0.1, 0.15) is 11.3 Å². The molecule has 19 heavy (non-hydrogen) atoms. The van der Waals surface area contributed by atoms with Crippen LogP contribution in [0.5, 0.6) is 0 Å². The van der Waals surface area contributed by atoms with Crippen molar-refractivity contribution in [2.75, 3.05) is 5.73 Å². The average Bonchev–Trinajstić information content (AvgIpc) is 2.35. The standard InChI is InChI=1S/C13H13BrN2O2S/c1-9-3-2-4-12(13(9)15)19(17,18)8-11-6-5-10(14)7-16-11/h2-7H,8,15H2,1H3. The van der Waals surface area contributed by atoms with E-state index in [1.54, 1.807) is 37.4 Å². The lowest BCUT2D eigenvalue weighted by Crippen LogP contribution is -2.09. The van der Waals surface area contributed by atoms with E-state index < -0.39 is 9.84 Å². The predicted molar refractivity (Wildman–Crippen MR) is 78.4 cm³/mol. The number of anilines is 1. The number of aryl methyl sites for hydroxylation is 1. The molecule has 1 aromatic heterocycles. The molecule has 0 amide bonds. The molecule has 0 atom stereocenters. The van der Waals surface area contributed by atoms with Gasteiger partial charge in [-0.25, -0.2) is 8.42 Å². The lowest BCUT2D eigenvalue weighted by atomic mass is 10.2. The maximum Gasteiger partial charge on any atom is 0.186 e. The Morgan fingerprint density at radius 3 is 2.63 bits per heavy atom. The number of nitrogens with two attached hydrogens (primary N) is 1. The summed E-state index contributed by atoms with van der Waals surface area (Å²) in [6, 6.07) is 8.43. The molecule has 2 N–H and O–H groups in total. The van der Waals surface area contributed by atoms with Gasteiger partial charge in [-0.1, -0.05) is 12.1 Å². The molecule has 0 fully saturated rings. The number of hydrogen-bond acceptors (Lipinski definition) is 4. The summed E-state index contributed by atoms with van der Waals surface area (Å²) in [5, 5.41) is 0. The van der Waals surface area contributed by atoms with E-state index in [0.717, 1.165) is 10.0 Å². The molecule has 0 aliphatic carbocycles. The van der Waals surface area contributed by atoms with Crippen LogP contribution in [0.15, 0.2) is 45.9 Å². The quantitative estimate of drug-likeness (QED) is 0.872. The molecule has 2 rings (SSSR count). The van der Waals surface area contributed by atoms with E-state index in [1.807, 2.05) is 0 Å². The third kappa shape index (κ3) is 3.13. The fraction of sp³-hybridized carbons (Fsp3) is 0.154. The van der Waals surface area contributed by atoms with Crippen LogP contribution < -0.4 is 5.73 Å². The Morgan fingerprint density at radius 2 is 2.00 bits per heavy atom. The first-order valence-corrected chi connectivity index (χ1v) is 8.03. The number of para-hydroxylation sites is 1. The summed E-state index contributed by atoms with van der Waals surface area (Å²) in [5.41, 5.74) is 7.39. The van der Waals surface area contributed by atoms with Gasteiger partial charge in [-0.2, -0.15) is 0 Å². The van der Waals surface area contributed by atoms with Gasteiger partial charge in [0.2, 0.25) is 0 Å². The van der Waals surface area contributed by atoms with Gasteiger partial charge in [0.15, 0.2) is 9.84 Å². The number of sulfone groups is 1. The van der Waals surface area contributed by atoms with E-state index in [4.69, 9.17) is 5.73 Å². The molecule has 0 saturated carbocycles. The maximum atomic E-state index is 12.3. The summed E-state index contributed by atoms with van der Waals surface area (Å²) in [7, 11) is -3.48. The normalized spacial score (nSPS) is 11.5. The minimum absolute atomic E-state index is 0.159. The Bertz CT molecular complexity index is 697. The summed E-state index contributed by atoms with van der Waals surface area (Å²) in [4.78, 5) is 4.24. The zero-order valence-corrected chi connectivity index (χ0v) is 12.7. The molecule has 100 valence electrons. The second-order valence-electron chi connectivity index (χ2n) is 4.21. The molecule has 0 radical (unpaired) electrons. The zero-order chi connectivity index (χ0) is 14.0. The predicted octanol–water partition coefficient (Wildman–Crippen LogP) is 2.71. The van der Waals surface area contributed by atoms with E-state index in [2.05, 4.69) is 20.9 Å². The molecule has 2 aromatic rings. The summed E-state index contributed by atoms with van der Waals surface area (Å²) < 4.78 is 25.5. The van der Waals surface area contributed by atoms with Gasteiger partial charge >= 0.3 is 0 Å². The number of rotatable bonds is 3. The molecular formula is C13H13BrN2O2S. The van der Waals surface area contributed by atoms with Crippen LogP contribution in [0.4, 0.5) is 5.69 Å². The SMILES string of the molecule is Cc1cccc(S(=O)(=O)Cc2ccc(Br)cn2)c1N. The lowest BCUT2D eigenvalue weighted by molar-refractivity contribution is 0.595. The summed E-state index contributed by atoms with van der Waals surface area (Å²) >= 11 is 3.26. The Kier molecular flexibility index (Phi) is 3.91. The summed E-state index contributed by atoms with van der Waals surface area (Å²) in [5.74, 6) is -0.159. The monoisotopic (exact) mass is 340 g/mol. The number of nitrogens with zero attached hydrogens (tertiary/aromatic N) is 1. The van der Waals surface area contributed by atoms with Crippen LogP contribution in [-0.4, -0.2) is 13.4 Å². The average molecular weight is 341 g/mol. The molecule has 0 aliphatic heterocycles. The van der Waals surface area contributed by atoms with Crippen molar-refractivity contribution in [1.82, 2.24) is 4.98 Å². The first-order chi connectivity index (χ1) is 8.90. The van der Waals surface area contributed by atoms with Gasteiger partial charge < -0.3 is 5.73 Å². The third-order valence-corrected chi connectivity index (χ3v) is 4.92. The number of benzene rings is 1. The molecule has 0 aliphatic rings. The first-order valence-electron chi connectivity index (χ1n) is 5.58. The highest BCUT2D eigenvalue weighted by Crippen LogP contribution is 2.24. The molecule has 1 aromatic carbocycles. The molecule has 0 unspecified atom stereocenters. The maximum absolute atomic E-state index is 12.3. The van der Waals surface area contributed by atoms with Crippen molar-refractivity contribution in [2.45, 2.75) is 17.6 Å².